The minimum Gasteiger partial charge on any atom is -0.481 e. The van der Waals surface area contributed by atoms with Crippen LogP contribution < -0.4 is 5.32 Å². The molecule has 1 atom stereocenters. The van der Waals surface area contributed by atoms with Gasteiger partial charge < -0.3 is 15.2 Å². The topological polar surface area (TPSA) is 66.4 Å². The Hall–Kier alpha value is -1.16. The summed E-state index contributed by atoms with van der Waals surface area (Å²) in [6.07, 6.45) is 12.2. The summed E-state index contributed by atoms with van der Waals surface area (Å²) < 4.78 is 0. The van der Waals surface area contributed by atoms with E-state index in [-0.39, 0.29) is 12.5 Å². The smallest absolute Gasteiger partial charge is 0.303 e. The van der Waals surface area contributed by atoms with Gasteiger partial charge in [-0.05, 0) is 45.6 Å². The molecule has 0 amide bonds. The number of carbonyl (C=O) groups excluding carboxylic acids is 1. The van der Waals surface area contributed by atoms with Crippen LogP contribution in [0.2, 0.25) is 0 Å². The summed E-state index contributed by atoms with van der Waals surface area (Å²) in [5.41, 5.74) is 0. The number of carboxylic acids is 1. The van der Waals surface area contributed by atoms with Crippen molar-refractivity contribution in [1.82, 2.24) is 5.32 Å². The molecule has 0 radical (unpaired) electrons. The van der Waals surface area contributed by atoms with Gasteiger partial charge in [0, 0.05) is 18.9 Å². The van der Waals surface area contributed by atoms with Crippen molar-refractivity contribution in [3.8, 4) is 0 Å². The number of nitrogens with one attached hydrogen (secondary N) is 1. The molecule has 2 N–H and O–H groups in total. The van der Waals surface area contributed by atoms with E-state index in [1.165, 1.54) is 0 Å². The van der Waals surface area contributed by atoms with Gasteiger partial charge >= 0.3 is 5.97 Å². The van der Waals surface area contributed by atoms with Crippen LogP contribution in [-0.4, -0.2) is 29.9 Å². The Morgan fingerprint density at radius 3 is 2.53 bits per heavy atom. The number of hydrogen-bond donors (Lipinski definition) is 2. The Balaban J connectivity index is 3.28. The molecule has 110 valence electrons. The zero-order chi connectivity index (χ0) is 14.3. The Labute approximate surface area is 116 Å². The molecule has 0 aliphatic heterocycles. The summed E-state index contributed by atoms with van der Waals surface area (Å²) in [5.74, 6) is -0.733. The monoisotopic (exact) mass is 269 g/mol. The van der Waals surface area contributed by atoms with Crippen molar-refractivity contribution in [2.45, 2.75) is 64.3 Å². The molecule has 0 rings (SSSR count). The van der Waals surface area contributed by atoms with Crippen LogP contribution in [0.5, 0.6) is 0 Å². The van der Waals surface area contributed by atoms with Gasteiger partial charge in [-0.2, -0.15) is 0 Å². The van der Waals surface area contributed by atoms with Crippen LogP contribution in [0, 0.1) is 0 Å². The van der Waals surface area contributed by atoms with Crippen LogP contribution >= 0.6 is 0 Å². The zero-order valence-electron chi connectivity index (χ0n) is 11.9. The quantitative estimate of drug-likeness (QED) is 0.306. The predicted octanol–water partition coefficient (Wildman–Crippen LogP) is 2.93. The fourth-order valence-electron chi connectivity index (χ4n) is 1.76. The summed E-state index contributed by atoms with van der Waals surface area (Å²) in [4.78, 5) is 20.5. The number of rotatable bonds is 13. The first-order valence-corrected chi connectivity index (χ1v) is 7.20. The number of unbranched alkanes of at least 4 members (excludes halogenated alkanes) is 4. The predicted molar refractivity (Wildman–Crippen MR) is 77.2 cm³/mol. The highest BCUT2D eigenvalue weighted by atomic mass is 16.4. The normalized spacial score (nSPS) is 12.7. The molecule has 0 aromatic heterocycles. The van der Waals surface area contributed by atoms with Crippen molar-refractivity contribution >= 4 is 12.3 Å². The van der Waals surface area contributed by atoms with Gasteiger partial charge in [-0.15, -0.1) is 0 Å². The second-order valence-electron chi connectivity index (χ2n) is 4.85. The fraction of sp³-hybridized carbons (Fsp3) is 0.733. The number of carboxylic acid groups (broad SMARTS) is 1. The Morgan fingerprint density at radius 2 is 1.84 bits per heavy atom. The van der Waals surface area contributed by atoms with Gasteiger partial charge in [-0.3, -0.25) is 4.79 Å². The van der Waals surface area contributed by atoms with E-state index in [2.05, 4.69) is 17.5 Å². The summed E-state index contributed by atoms with van der Waals surface area (Å²) in [7, 11) is 0. The lowest BCUT2D eigenvalue weighted by molar-refractivity contribution is -0.137. The first-order chi connectivity index (χ1) is 9.16. The van der Waals surface area contributed by atoms with Crippen LogP contribution in [0.1, 0.15) is 58.3 Å². The molecule has 0 fully saturated rings. The Bertz CT molecular complexity index is 264. The van der Waals surface area contributed by atoms with Crippen LogP contribution in [0.4, 0.5) is 0 Å². The van der Waals surface area contributed by atoms with Gasteiger partial charge in [0.05, 0.1) is 0 Å². The van der Waals surface area contributed by atoms with E-state index in [0.717, 1.165) is 44.9 Å². The molecule has 0 spiro atoms. The van der Waals surface area contributed by atoms with E-state index >= 15 is 0 Å². The van der Waals surface area contributed by atoms with Gasteiger partial charge in [0.1, 0.15) is 6.29 Å². The molecule has 4 nitrogen and oxygen atoms in total. The Kier molecular flexibility index (Phi) is 12.5. The van der Waals surface area contributed by atoms with Crippen molar-refractivity contribution in [3.05, 3.63) is 12.2 Å². The largest absolute Gasteiger partial charge is 0.481 e. The summed E-state index contributed by atoms with van der Waals surface area (Å²) >= 11 is 0. The average Bonchev–Trinajstić information content (AvgIpc) is 2.38. The highest BCUT2D eigenvalue weighted by molar-refractivity contribution is 5.66. The van der Waals surface area contributed by atoms with Crippen molar-refractivity contribution in [1.29, 1.82) is 0 Å². The van der Waals surface area contributed by atoms with Crippen LogP contribution in [0.25, 0.3) is 0 Å². The van der Waals surface area contributed by atoms with Crippen LogP contribution in [-0.2, 0) is 9.59 Å². The van der Waals surface area contributed by atoms with Gasteiger partial charge in [-0.25, -0.2) is 0 Å². The number of allylic oxidation sites excluding steroid dienone is 1. The van der Waals surface area contributed by atoms with E-state index in [0.29, 0.717) is 12.8 Å². The molecule has 0 aliphatic carbocycles. The van der Waals surface area contributed by atoms with Crippen LogP contribution in [0.3, 0.4) is 0 Å². The van der Waals surface area contributed by atoms with Crippen LogP contribution in [0.15, 0.2) is 12.2 Å². The zero-order valence-corrected chi connectivity index (χ0v) is 11.9. The summed E-state index contributed by atoms with van der Waals surface area (Å²) in [5, 5.41) is 11.9. The second kappa shape index (κ2) is 13.3. The number of aldehydes is 1. The third kappa shape index (κ3) is 14.8. The Morgan fingerprint density at radius 1 is 1.16 bits per heavy atom. The van der Waals surface area contributed by atoms with Crippen molar-refractivity contribution < 1.29 is 14.7 Å². The highest BCUT2D eigenvalue weighted by Crippen LogP contribution is 2.02. The number of aliphatic carboxylic acids is 1. The van der Waals surface area contributed by atoms with Crippen molar-refractivity contribution in [3.63, 3.8) is 0 Å². The number of carbonyl (C=O) groups is 2. The highest BCUT2D eigenvalue weighted by Gasteiger charge is 2.03. The van der Waals surface area contributed by atoms with Gasteiger partial charge in [0.2, 0.25) is 0 Å². The summed E-state index contributed by atoms with van der Waals surface area (Å²) in [6, 6.07) is 0.257. The maximum Gasteiger partial charge on any atom is 0.303 e. The maximum absolute atomic E-state index is 10.4. The summed E-state index contributed by atoms with van der Waals surface area (Å²) in [6.45, 7) is 2.90. The molecule has 0 aliphatic rings. The van der Waals surface area contributed by atoms with E-state index in [9.17, 15) is 9.59 Å². The molecular weight excluding hydrogens is 242 g/mol. The standard InChI is InChI=1S/C15H27NO3/c1-14(10-11-15(18)19)16-12-8-6-4-2-3-5-7-9-13-17/h4,6,13-14,16H,2-3,5,7-12H2,1H3,(H,18,19)/t14-/m0/s1. The second-order valence-corrected chi connectivity index (χ2v) is 4.85. The molecule has 0 aromatic rings. The molecule has 4 heteroatoms. The van der Waals surface area contributed by atoms with Gasteiger partial charge in [0.15, 0.2) is 0 Å². The molecule has 19 heavy (non-hydrogen) atoms. The van der Waals surface area contributed by atoms with Crippen molar-refractivity contribution in [2.24, 2.45) is 0 Å². The molecule has 0 saturated carbocycles. The molecular formula is C15H27NO3. The van der Waals surface area contributed by atoms with E-state index < -0.39 is 5.97 Å². The molecule has 0 heterocycles. The average molecular weight is 269 g/mol. The lowest BCUT2D eigenvalue weighted by Crippen LogP contribution is -2.27. The fourth-order valence-corrected chi connectivity index (χ4v) is 1.76. The molecule has 0 bridgehead atoms. The van der Waals surface area contributed by atoms with Crippen molar-refractivity contribution in [2.75, 3.05) is 6.54 Å². The first-order valence-electron chi connectivity index (χ1n) is 7.20. The third-order valence-electron chi connectivity index (χ3n) is 2.95. The van der Waals surface area contributed by atoms with E-state index in [1.54, 1.807) is 0 Å². The third-order valence-corrected chi connectivity index (χ3v) is 2.95. The van der Waals surface area contributed by atoms with E-state index in [1.807, 2.05) is 6.92 Å². The lowest BCUT2D eigenvalue weighted by atomic mass is 10.1. The minimum atomic E-state index is -0.733. The number of hydrogen-bond acceptors (Lipinski definition) is 3. The first kappa shape index (κ1) is 17.8. The maximum atomic E-state index is 10.4. The lowest BCUT2D eigenvalue weighted by Gasteiger charge is -2.11. The van der Waals surface area contributed by atoms with Gasteiger partial charge in [0.25, 0.3) is 0 Å². The van der Waals surface area contributed by atoms with Gasteiger partial charge in [-0.1, -0.05) is 18.6 Å². The minimum absolute atomic E-state index is 0.227. The SMILES string of the molecule is C[C@@H](CCC(=O)O)NCCC=CCCCCCC=O. The molecule has 0 aromatic carbocycles. The molecule has 0 saturated heterocycles. The molecule has 0 unspecified atom stereocenters. The van der Waals surface area contributed by atoms with E-state index in [4.69, 9.17) is 5.11 Å².